The van der Waals surface area contributed by atoms with Crippen molar-refractivity contribution in [2.45, 2.75) is 64.1 Å². The molecule has 0 bridgehead atoms. The molecular formula is C19H26N6O. The number of hydrogen-bond acceptors (Lipinski definition) is 5. The highest BCUT2D eigenvalue weighted by Gasteiger charge is 2.29. The maximum atomic E-state index is 12.6. The fraction of sp³-hybridized carbons (Fsp3) is 0.579. The van der Waals surface area contributed by atoms with Gasteiger partial charge in [-0.25, -0.2) is 4.68 Å². The van der Waals surface area contributed by atoms with Crippen molar-refractivity contribution in [3.8, 4) is 11.4 Å². The van der Waals surface area contributed by atoms with Gasteiger partial charge in [-0.1, -0.05) is 0 Å². The van der Waals surface area contributed by atoms with Gasteiger partial charge < -0.3 is 10.2 Å². The third-order valence-corrected chi connectivity index (χ3v) is 5.45. The molecule has 2 aromatic rings. The molecule has 7 heteroatoms. The molecule has 2 aliphatic rings. The van der Waals surface area contributed by atoms with Crippen LogP contribution < -0.4 is 5.32 Å². The summed E-state index contributed by atoms with van der Waals surface area (Å²) in [7, 11) is 0. The Balaban J connectivity index is 1.38. The van der Waals surface area contributed by atoms with E-state index in [1.807, 2.05) is 33.8 Å². The first kappa shape index (κ1) is 17.0. The minimum Gasteiger partial charge on any atom is -0.376 e. The van der Waals surface area contributed by atoms with Crippen molar-refractivity contribution in [1.29, 1.82) is 0 Å². The van der Waals surface area contributed by atoms with Gasteiger partial charge in [-0.05, 0) is 80.6 Å². The molecule has 1 aromatic heterocycles. The molecule has 4 rings (SSSR count). The van der Waals surface area contributed by atoms with Crippen LogP contribution in [0.15, 0.2) is 24.3 Å². The largest absolute Gasteiger partial charge is 0.376 e. The fourth-order valence-corrected chi connectivity index (χ4v) is 3.87. The van der Waals surface area contributed by atoms with E-state index in [9.17, 15) is 4.79 Å². The lowest BCUT2D eigenvalue weighted by Gasteiger charge is -2.39. The molecule has 2 atom stereocenters. The van der Waals surface area contributed by atoms with Crippen molar-refractivity contribution in [2.24, 2.45) is 0 Å². The van der Waals surface area contributed by atoms with Crippen molar-refractivity contribution in [3.05, 3.63) is 24.3 Å². The number of tetrazole rings is 1. The average Bonchev–Trinajstić information content (AvgIpc) is 3.37. The van der Waals surface area contributed by atoms with E-state index in [1.165, 1.54) is 6.42 Å². The Hall–Kier alpha value is -2.44. The van der Waals surface area contributed by atoms with Crippen LogP contribution in [0.2, 0.25) is 0 Å². The molecule has 138 valence electrons. The highest BCUT2D eigenvalue weighted by molar-refractivity contribution is 5.81. The third kappa shape index (κ3) is 3.43. The van der Waals surface area contributed by atoms with Crippen LogP contribution in [-0.4, -0.2) is 49.6 Å². The van der Waals surface area contributed by atoms with E-state index >= 15 is 0 Å². The maximum absolute atomic E-state index is 12.6. The first-order valence-electron chi connectivity index (χ1n) is 9.57. The number of carbonyl (C=O) groups excluding carboxylic acids is 1. The van der Waals surface area contributed by atoms with Gasteiger partial charge in [0.25, 0.3) is 0 Å². The van der Waals surface area contributed by atoms with Crippen LogP contribution in [0, 0.1) is 0 Å². The number of aromatic nitrogens is 4. The lowest BCUT2D eigenvalue weighted by Crippen LogP contribution is -2.49. The molecule has 2 fully saturated rings. The Morgan fingerprint density at radius 2 is 1.81 bits per heavy atom. The number of piperidine rings is 1. The maximum Gasteiger partial charge on any atom is 0.242 e. The number of anilines is 1. The van der Waals surface area contributed by atoms with Gasteiger partial charge in [0.2, 0.25) is 5.91 Å². The average molecular weight is 354 g/mol. The molecule has 0 spiro atoms. The Bertz CT molecular complexity index is 757. The summed E-state index contributed by atoms with van der Waals surface area (Å²) >= 11 is 0. The monoisotopic (exact) mass is 354 g/mol. The lowest BCUT2D eigenvalue weighted by atomic mass is 9.97. The fourth-order valence-electron chi connectivity index (χ4n) is 3.87. The van der Waals surface area contributed by atoms with E-state index in [2.05, 4.69) is 34.7 Å². The van der Waals surface area contributed by atoms with E-state index < -0.39 is 0 Å². The highest BCUT2D eigenvalue weighted by atomic mass is 16.2. The standard InChI is InChI=1S/C19H26N6O/c1-13-4-3-5-14(2)24(13)18(26)12-20-16-8-6-15(7-9-16)19-21-22-23-25(19)17-10-11-17/h6-9,13-14,17,20H,3-5,10-12H2,1-2H3/t13-,14+. The van der Waals surface area contributed by atoms with Crippen LogP contribution in [0.5, 0.6) is 0 Å². The Labute approximate surface area is 153 Å². The zero-order valence-electron chi connectivity index (χ0n) is 15.4. The smallest absolute Gasteiger partial charge is 0.242 e. The molecule has 7 nitrogen and oxygen atoms in total. The van der Waals surface area contributed by atoms with Gasteiger partial charge in [0.05, 0.1) is 12.6 Å². The summed E-state index contributed by atoms with van der Waals surface area (Å²) in [6.07, 6.45) is 5.70. The minimum atomic E-state index is 0.173. The second-order valence-corrected chi connectivity index (χ2v) is 7.54. The number of nitrogens with zero attached hydrogens (tertiary/aromatic N) is 5. The summed E-state index contributed by atoms with van der Waals surface area (Å²) < 4.78 is 1.91. The van der Waals surface area contributed by atoms with E-state index in [1.54, 1.807) is 0 Å². The van der Waals surface area contributed by atoms with Crippen LogP contribution in [0.4, 0.5) is 5.69 Å². The van der Waals surface area contributed by atoms with Crippen molar-refractivity contribution in [1.82, 2.24) is 25.1 Å². The SMILES string of the molecule is C[C@@H]1CCC[C@H](C)N1C(=O)CNc1ccc(-c2nnnn2C2CC2)cc1. The van der Waals surface area contributed by atoms with Crippen molar-refractivity contribution >= 4 is 11.6 Å². The van der Waals surface area contributed by atoms with Gasteiger partial charge >= 0.3 is 0 Å². The Morgan fingerprint density at radius 3 is 2.46 bits per heavy atom. The molecular weight excluding hydrogens is 328 g/mol. The van der Waals surface area contributed by atoms with Gasteiger partial charge in [-0.3, -0.25) is 4.79 Å². The molecule has 1 saturated carbocycles. The minimum absolute atomic E-state index is 0.173. The molecule has 1 N–H and O–H groups in total. The topological polar surface area (TPSA) is 75.9 Å². The third-order valence-electron chi connectivity index (χ3n) is 5.45. The van der Waals surface area contributed by atoms with Gasteiger partial charge in [0, 0.05) is 23.3 Å². The van der Waals surface area contributed by atoms with Crippen molar-refractivity contribution < 1.29 is 4.79 Å². The second-order valence-electron chi connectivity index (χ2n) is 7.54. The zero-order valence-corrected chi connectivity index (χ0v) is 15.4. The Morgan fingerprint density at radius 1 is 1.12 bits per heavy atom. The quantitative estimate of drug-likeness (QED) is 0.893. The Kier molecular flexibility index (Phi) is 4.61. The summed E-state index contributed by atoms with van der Waals surface area (Å²) in [6, 6.07) is 9.08. The van der Waals surface area contributed by atoms with Gasteiger partial charge in [0.1, 0.15) is 0 Å². The number of rotatable bonds is 5. The molecule has 1 aliphatic heterocycles. The summed E-state index contributed by atoms with van der Waals surface area (Å²) in [5, 5.41) is 15.3. The molecule has 0 unspecified atom stereocenters. The highest BCUT2D eigenvalue weighted by Crippen LogP contribution is 2.36. The van der Waals surface area contributed by atoms with E-state index in [0.717, 1.165) is 42.8 Å². The lowest BCUT2D eigenvalue weighted by molar-refractivity contribution is -0.135. The predicted molar refractivity (Wildman–Crippen MR) is 99.6 cm³/mol. The zero-order chi connectivity index (χ0) is 18.1. The second kappa shape index (κ2) is 7.05. The number of nitrogens with one attached hydrogen (secondary N) is 1. The summed E-state index contributed by atoms with van der Waals surface area (Å²) in [5.74, 6) is 0.984. The summed E-state index contributed by atoms with van der Waals surface area (Å²) in [4.78, 5) is 14.6. The number of hydrogen-bond donors (Lipinski definition) is 1. The van der Waals surface area contributed by atoms with Gasteiger partial charge in [0.15, 0.2) is 5.82 Å². The van der Waals surface area contributed by atoms with Gasteiger partial charge in [-0.2, -0.15) is 0 Å². The number of benzene rings is 1. The number of amides is 1. The van der Waals surface area contributed by atoms with Crippen LogP contribution >= 0.6 is 0 Å². The first-order valence-corrected chi connectivity index (χ1v) is 9.57. The normalized spacial score (nSPS) is 23.1. The van der Waals surface area contributed by atoms with Crippen molar-refractivity contribution in [2.75, 3.05) is 11.9 Å². The van der Waals surface area contributed by atoms with Crippen LogP contribution in [0.3, 0.4) is 0 Å². The first-order chi connectivity index (χ1) is 12.6. The summed E-state index contributed by atoms with van der Waals surface area (Å²) in [6.45, 7) is 4.62. The van der Waals surface area contributed by atoms with Crippen LogP contribution in [-0.2, 0) is 4.79 Å². The van der Waals surface area contributed by atoms with E-state index in [-0.39, 0.29) is 5.91 Å². The molecule has 1 aliphatic carbocycles. The van der Waals surface area contributed by atoms with Crippen LogP contribution in [0.25, 0.3) is 11.4 Å². The van der Waals surface area contributed by atoms with Crippen LogP contribution in [0.1, 0.15) is 52.0 Å². The molecule has 26 heavy (non-hydrogen) atoms. The molecule has 0 radical (unpaired) electrons. The predicted octanol–water partition coefficient (Wildman–Crippen LogP) is 2.88. The van der Waals surface area contributed by atoms with Crippen molar-refractivity contribution in [3.63, 3.8) is 0 Å². The molecule has 1 saturated heterocycles. The summed E-state index contributed by atoms with van der Waals surface area (Å²) in [5.41, 5.74) is 1.93. The molecule has 2 heterocycles. The molecule has 1 aromatic carbocycles. The van der Waals surface area contributed by atoms with E-state index in [4.69, 9.17) is 0 Å². The van der Waals surface area contributed by atoms with E-state index in [0.29, 0.717) is 24.7 Å². The van der Waals surface area contributed by atoms with Gasteiger partial charge in [-0.15, -0.1) is 5.10 Å². The number of carbonyl (C=O) groups is 1. The number of likely N-dealkylation sites (tertiary alicyclic amines) is 1. The molecule has 1 amide bonds.